The van der Waals surface area contributed by atoms with Gasteiger partial charge in [0.15, 0.2) is 0 Å². The first-order chi connectivity index (χ1) is 24.8. The molecule has 51 heavy (non-hydrogen) atoms. The number of likely N-dealkylation sites (tertiary alicyclic amines) is 1. The molecular weight excluding hydrogens is 642 g/mol. The van der Waals surface area contributed by atoms with E-state index >= 15 is 4.79 Å². The second-order valence-corrected chi connectivity index (χ2v) is 13.7. The quantitative estimate of drug-likeness (QED) is 0.195. The zero-order valence-corrected chi connectivity index (χ0v) is 29.0. The number of benzene rings is 3. The van der Waals surface area contributed by atoms with Crippen LogP contribution in [-0.4, -0.2) is 63.1 Å². The molecule has 2 fully saturated rings. The molecule has 0 spiro atoms. The Balaban J connectivity index is 1.37. The number of nitrogens with zero attached hydrogens (tertiary/aromatic N) is 2. The molecule has 3 aliphatic rings. The third kappa shape index (κ3) is 5.82. The number of hydrogen-bond acceptors (Lipinski definition) is 5. The predicted octanol–water partition coefficient (Wildman–Crippen LogP) is 5.30. The molecule has 3 aromatic carbocycles. The number of amides is 6. The molecule has 3 heterocycles. The van der Waals surface area contributed by atoms with Gasteiger partial charge in [-0.05, 0) is 55.4 Å². The van der Waals surface area contributed by atoms with E-state index < -0.39 is 41.1 Å². The summed E-state index contributed by atoms with van der Waals surface area (Å²) >= 11 is 0. The smallest absolute Gasteiger partial charge is 0.325 e. The van der Waals surface area contributed by atoms with Crippen LogP contribution in [0.25, 0.3) is 10.9 Å². The second-order valence-electron chi connectivity index (χ2n) is 13.7. The number of urea groups is 1. The van der Waals surface area contributed by atoms with Crippen molar-refractivity contribution in [2.45, 2.75) is 58.0 Å². The van der Waals surface area contributed by atoms with Gasteiger partial charge in [-0.2, -0.15) is 0 Å². The van der Waals surface area contributed by atoms with E-state index in [0.29, 0.717) is 36.8 Å². The minimum Gasteiger partial charge on any atom is -0.361 e. The number of aromatic nitrogens is 1. The van der Waals surface area contributed by atoms with Gasteiger partial charge >= 0.3 is 6.03 Å². The van der Waals surface area contributed by atoms with Crippen LogP contribution in [0, 0.1) is 17.8 Å². The van der Waals surface area contributed by atoms with Gasteiger partial charge in [0.1, 0.15) is 5.54 Å². The molecule has 0 radical (unpaired) electrons. The van der Waals surface area contributed by atoms with Crippen LogP contribution in [0.3, 0.4) is 0 Å². The zero-order chi connectivity index (χ0) is 35.7. The third-order valence-electron chi connectivity index (χ3n) is 11.0. The van der Waals surface area contributed by atoms with E-state index in [1.807, 2.05) is 98.0 Å². The molecule has 10 nitrogen and oxygen atoms in total. The normalized spacial score (nSPS) is 23.0. The Morgan fingerprint density at radius 2 is 1.55 bits per heavy atom. The third-order valence-corrected chi connectivity index (χ3v) is 11.0. The Labute approximate surface area is 297 Å². The van der Waals surface area contributed by atoms with Gasteiger partial charge in [-0.3, -0.25) is 24.1 Å². The number of imide groups is 2. The standard InChI is InChI=1S/C41H43N5O5/c1-3-29-31-19-20-32-34(38(49)45(4-2)36(32)47)35(31)41(23-26-13-7-5-8-14-26,46(37(29)48)40(51)44-24-27-15-9-6-10-16-27)39(50)42-22-21-28-25-43-33-18-12-11-17-30(28)33/h5-18,25,32,34-35,43H,3-4,19-24H2,1-2H3,(H,42,50)(H,44,51)/t32-,34-,35+,41+/m1/s1. The Morgan fingerprint density at radius 3 is 2.25 bits per heavy atom. The fraction of sp³-hybridized carbons (Fsp3) is 0.341. The average Bonchev–Trinajstić information content (AvgIpc) is 3.68. The number of rotatable bonds is 10. The molecule has 262 valence electrons. The van der Waals surface area contributed by atoms with Crippen molar-refractivity contribution in [2.24, 2.45) is 17.8 Å². The highest BCUT2D eigenvalue weighted by Gasteiger charge is 2.67. The van der Waals surface area contributed by atoms with Crippen LogP contribution in [0.5, 0.6) is 0 Å². The summed E-state index contributed by atoms with van der Waals surface area (Å²) in [6, 6.07) is 25.9. The Kier molecular flexibility index (Phi) is 9.33. The maximum Gasteiger partial charge on any atom is 0.325 e. The Morgan fingerprint density at radius 1 is 0.863 bits per heavy atom. The lowest BCUT2D eigenvalue weighted by Crippen LogP contribution is -2.73. The summed E-state index contributed by atoms with van der Waals surface area (Å²) in [6.45, 7) is 4.18. The van der Waals surface area contributed by atoms with Crippen molar-refractivity contribution >= 4 is 40.6 Å². The highest BCUT2D eigenvalue weighted by molar-refractivity contribution is 6.13. The molecule has 10 heteroatoms. The fourth-order valence-electron chi connectivity index (χ4n) is 8.73. The summed E-state index contributed by atoms with van der Waals surface area (Å²) < 4.78 is 0. The van der Waals surface area contributed by atoms with Gasteiger partial charge in [0.2, 0.25) is 17.7 Å². The van der Waals surface area contributed by atoms with Crippen LogP contribution >= 0.6 is 0 Å². The van der Waals surface area contributed by atoms with E-state index in [1.165, 1.54) is 4.90 Å². The second kappa shape index (κ2) is 14.0. The van der Waals surface area contributed by atoms with Crippen LogP contribution in [0.4, 0.5) is 4.79 Å². The number of fused-ring (bicyclic) bond motifs is 4. The summed E-state index contributed by atoms with van der Waals surface area (Å²) in [7, 11) is 0. The fourth-order valence-corrected chi connectivity index (χ4v) is 8.73. The first-order valence-electron chi connectivity index (χ1n) is 17.9. The van der Waals surface area contributed by atoms with Gasteiger partial charge in [-0.25, -0.2) is 9.69 Å². The maximum atomic E-state index is 15.3. The van der Waals surface area contributed by atoms with Gasteiger partial charge in [-0.1, -0.05) is 91.4 Å². The number of hydrogen-bond donors (Lipinski definition) is 3. The van der Waals surface area contributed by atoms with E-state index in [-0.39, 0.29) is 37.9 Å². The molecule has 0 unspecified atom stereocenters. The number of carbonyl (C=O) groups excluding carboxylic acids is 5. The van der Waals surface area contributed by atoms with Gasteiger partial charge in [0.05, 0.1) is 11.8 Å². The van der Waals surface area contributed by atoms with Gasteiger partial charge in [0, 0.05) is 54.6 Å². The lowest BCUT2D eigenvalue weighted by atomic mass is 9.57. The highest BCUT2D eigenvalue weighted by Crippen LogP contribution is 2.55. The van der Waals surface area contributed by atoms with Crippen molar-refractivity contribution in [3.05, 3.63) is 119 Å². The summed E-state index contributed by atoms with van der Waals surface area (Å²) in [5.41, 5.74) is 2.84. The number of aromatic amines is 1. The number of nitrogens with one attached hydrogen (secondary N) is 3. The molecule has 6 amide bonds. The molecule has 4 aromatic rings. The van der Waals surface area contributed by atoms with Gasteiger partial charge in [0.25, 0.3) is 5.91 Å². The van der Waals surface area contributed by atoms with Gasteiger partial charge in [-0.15, -0.1) is 0 Å². The monoisotopic (exact) mass is 685 g/mol. The predicted molar refractivity (Wildman–Crippen MR) is 193 cm³/mol. The topological polar surface area (TPSA) is 132 Å². The minimum atomic E-state index is -1.85. The van der Waals surface area contributed by atoms with E-state index in [2.05, 4.69) is 15.6 Å². The van der Waals surface area contributed by atoms with Crippen molar-refractivity contribution in [3.8, 4) is 0 Å². The molecule has 7 rings (SSSR count). The van der Waals surface area contributed by atoms with Crippen LogP contribution in [0.2, 0.25) is 0 Å². The molecule has 1 saturated carbocycles. The average molecular weight is 686 g/mol. The van der Waals surface area contributed by atoms with E-state index in [9.17, 15) is 19.2 Å². The molecule has 1 aromatic heterocycles. The minimum absolute atomic E-state index is 0.0285. The Hall–Kier alpha value is -5.51. The van der Waals surface area contributed by atoms with Crippen LogP contribution in [0.1, 0.15) is 49.8 Å². The highest BCUT2D eigenvalue weighted by atomic mass is 16.2. The number of H-pyrrole nitrogens is 1. The molecule has 0 bridgehead atoms. The largest absolute Gasteiger partial charge is 0.361 e. The van der Waals surface area contributed by atoms with Crippen LogP contribution in [0.15, 0.2) is 102 Å². The van der Waals surface area contributed by atoms with Crippen molar-refractivity contribution < 1.29 is 24.0 Å². The lowest BCUT2D eigenvalue weighted by molar-refractivity contribution is -0.151. The zero-order valence-electron chi connectivity index (χ0n) is 29.0. The molecular formula is C41H43N5O5. The summed E-state index contributed by atoms with van der Waals surface area (Å²) in [5.74, 6) is -4.12. The maximum absolute atomic E-state index is 15.3. The molecule has 2 aliphatic heterocycles. The van der Waals surface area contributed by atoms with E-state index in [0.717, 1.165) is 32.5 Å². The summed E-state index contributed by atoms with van der Waals surface area (Å²) in [5, 5.41) is 7.11. The summed E-state index contributed by atoms with van der Waals surface area (Å²) in [4.78, 5) is 78.4. The molecule has 1 saturated heterocycles. The number of carbonyl (C=O) groups is 5. The van der Waals surface area contributed by atoms with Crippen molar-refractivity contribution in [1.82, 2.24) is 25.4 Å². The lowest BCUT2D eigenvalue weighted by Gasteiger charge is -2.54. The first-order valence-corrected chi connectivity index (χ1v) is 17.9. The Bertz CT molecular complexity index is 2020. The van der Waals surface area contributed by atoms with Crippen molar-refractivity contribution in [3.63, 3.8) is 0 Å². The first kappa shape index (κ1) is 34.0. The molecule has 3 N–H and O–H groups in total. The van der Waals surface area contributed by atoms with E-state index in [1.54, 1.807) is 6.92 Å². The molecule has 1 aliphatic carbocycles. The van der Waals surface area contributed by atoms with E-state index in [4.69, 9.17) is 0 Å². The van der Waals surface area contributed by atoms with Crippen molar-refractivity contribution in [2.75, 3.05) is 13.1 Å². The SMILES string of the molecule is CCC1=C2CC[C@H]3C(=O)N(CC)C(=O)[C@H]3[C@H]2[C@@](Cc2ccccc2)(C(=O)NCCc2c[nH]c3ccccc23)N(C(=O)NCc2ccccc2)C1=O. The summed E-state index contributed by atoms with van der Waals surface area (Å²) in [6.07, 6.45) is 3.49. The van der Waals surface area contributed by atoms with Crippen LogP contribution < -0.4 is 10.6 Å². The van der Waals surface area contributed by atoms with Crippen LogP contribution in [-0.2, 0) is 38.6 Å². The van der Waals surface area contributed by atoms with Crippen molar-refractivity contribution in [1.29, 1.82) is 0 Å². The number of para-hydroxylation sites is 1. The molecule has 4 atom stereocenters. The van der Waals surface area contributed by atoms with Gasteiger partial charge < -0.3 is 15.6 Å².